The van der Waals surface area contributed by atoms with Crippen LogP contribution in [0.25, 0.3) is 16.8 Å². The SMILES string of the molecule is O=C(Nc1ccccc1N1CCNCC1)c1ccn2ncc(-c3ccc(Cl)c(Cl)c3)c2n1. The maximum Gasteiger partial charge on any atom is 0.274 e. The lowest BCUT2D eigenvalue weighted by Gasteiger charge is -2.31. The molecule has 1 aliphatic rings. The highest BCUT2D eigenvalue weighted by Gasteiger charge is 2.18. The molecule has 1 saturated heterocycles. The molecule has 0 saturated carbocycles. The molecule has 1 aliphatic heterocycles. The highest BCUT2D eigenvalue weighted by Crippen LogP contribution is 2.30. The molecule has 9 heteroatoms. The van der Waals surface area contributed by atoms with Gasteiger partial charge in [0, 0.05) is 37.9 Å². The quantitative estimate of drug-likeness (QED) is 0.467. The van der Waals surface area contributed by atoms with Gasteiger partial charge in [-0.3, -0.25) is 4.79 Å². The average Bonchev–Trinajstić information content (AvgIpc) is 3.25. The zero-order valence-electron chi connectivity index (χ0n) is 17.1. The molecule has 7 nitrogen and oxygen atoms in total. The first-order valence-corrected chi connectivity index (χ1v) is 11.0. The zero-order chi connectivity index (χ0) is 22.1. The Bertz CT molecular complexity index is 1300. The molecular formula is C23H20Cl2N6O. The predicted molar refractivity (Wildman–Crippen MR) is 128 cm³/mol. The molecule has 3 heterocycles. The van der Waals surface area contributed by atoms with Crippen molar-refractivity contribution in [3.05, 3.63) is 76.7 Å². The highest BCUT2D eigenvalue weighted by atomic mass is 35.5. The first kappa shape index (κ1) is 20.8. The fourth-order valence-electron chi connectivity index (χ4n) is 3.81. The number of carbonyl (C=O) groups is 1. The van der Waals surface area contributed by atoms with E-state index in [-0.39, 0.29) is 5.91 Å². The summed E-state index contributed by atoms with van der Waals surface area (Å²) in [7, 11) is 0. The van der Waals surface area contributed by atoms with Crippen molar-refractivity contribution in [2.45, 2.75) is 0 Å². The van der Waals surface area contributed by atoms with Crippen LogP contribution in [0.4, 0.5) is 11.4 Å². The van der Waals surface area contributed by atoms with Crippen LogP contribution >= 0.6 is 23.2 Å². The van der Waals surface area contributed by atoms with E-state index in [0.717, 1.165) is 48.7 Å². The van der Waals surface area contributed by atoms with Crippen LogP contribution in [0.1, 0.15) is 10.5 Å². The van der Waals surface area contributed by atoms with Gasteiger partial charge in [0.05, 0.1) is 27.6 Å². The van der Waals surface area contributed by atoms with Gasteiger partial charge in [-0.1, -0.05) is 41.4 Å². The van der Waals surface area contributed by atoms with Crippen LogP contribution < -0.4 is 15.5 Å². The monoisotopic (exact) mass is 466 g/mol. The lowest BCUT2D eigenvalue weighted by atomic mass is 10.1. The van der Waals surface area contributed by atoms with Gasteiger partial charge in [0.25, 0.3) is 5.91 Å². The average molecular weight is 467 g/mol. The number of halogens is 2. The number of amides is 1. The molecule has 2 aromatic heterocycles. The smallest absolute Gasteiger partial charge is 0.274 e. The first-order valence-electron chi connectivity index (χ1n) is 10.3. The number of piperazine rings is 1. The molecule has 4 aromatic rings. The van der Waals surface area contributed by atoms with Gasteiger partial charge in [-0.15, -0.1) is 0 Å². The number of para-hydroxylation sites is 2. The van der Waals surface area contributed by atoms with Gasteiger partial charge in [0.2, 0.25) is 0 Å². The summed E-state index contributed by atoms with van der Waals surface area (Å²) in [6.45, 7) is 3.61. The summed E-state index contributed by atoms with van der Waals surface area (Å²) >= 11 is 12.2. The molecule has 1 amide bonds. The zero-order valence-corrected chi connectivity index (χ0v) is 18.6. The number of hydrogen-bond acceptors (Lipinski definition) is 5. The Labute approximate surface area is 195 Å². The predicted octanol–water partition coefficient (Wildman–Crippen LogP) is 4.37. The van der Waals surface area contributed by atoms with Crippen LogP contribution in [-0.4, -0.2) is 46.7 Å². The molecule has 2 N–H and O–H groups in total. The molecule has 0 aliphatic carbocycles. The number of aromatic nitrogens is 3. The second-order valence-corrected chi connectivity index (χ2v) is 8.29. The van der Waals surface area contributed by atoms with E-state index < -0.39 is 0 Å². The number of anilines is 2. The molecule has 5 rings (SSSR count). The largest absolute Gasteiger partial charge is 0.367 e. The van der Waals surface area contributed by atoms with Gasteiger partial charge in [-0.25, -0.2) is 9.50 Å². The maximum atomic E-state index is 13.1. The van der Waals surface area contributed by atoms with Crippen molar-refractivity contribution in [2.24, 2.45) is 0 Å². The molecule has 1 fully saturated rings. The topological polar surface area (TPSA) is 74.6 Å². The minimum atomic E-state index is -0.281. The molecule has 0 radical (unpaired) electrons. The van der Waals surface area contributed by atoms with E-state index in [9.17, 15) is 4.79 Å². The van der Waals surface area contributed by atoms with Crippen LogP contribution in [0, 0.1) is 0 Å². The Morgan fingerprint density at radius 2 is 1.84 bits per heavy atom. The number of rotatable bonds is 4. The van der Waals surface area contributed by atoms with E-state index in [2.05, 4.69) is 25.6 Å². The van der Waals surface area contributed by atoms with Gasteiger partial charge >= 0.3 is 0 Å². The molecule has 32 heavy (non-hydrogen) atoms. The Morgan fingerprint density at radius 3 is 2.66 bits per heavy atom. The van der Waals surface area contributed by atoms with E-state index in [0.29, 0.717) is 21.4 Å². The number of nitrogens with one attached hydrogen (secondary N) is 2. The molecule has 0 bridgehead atoms. The van der Waals surface area contributed by atoms with Gasteiger partial charge in [0.1, 0.15) is 5.69 Å². The normalized spacial score (nSPS) is 14.0. The summed E-state index contributed by atoms with van der Waals surface area (Å²) in [5, 5.41) is 11.6. The van der Waals surface area contributed by atoms with Gasteiger partial charge in [-0.05, 0) is 35.9 Å². The Hall–Kier alpha value is -3.13. The Balaban J connectivity index is 1.45. The van der Waals surface area contributed by atoms with Gasteiger partial charge in [0.15, 0.2) is 5.65 Å². The first-order chi connectivity index (χ1) is 15.6. The molecule has 0 spiro atoms. The van der Waals surface area contributed by atoms with E-state index in [1.54, 1.807) is 35.1 Å². The van der Waals surface area contributed by atoms with Crippen molar-refractivity contribution in [3.8, 4) is 11.1 Å². The number of hydrogen-bond donors (Lipinski definition) is 2. The molecule has 2 aromatic carbocycles. The highest BCUT2D eigenvalue weighted by molar-refractivity contribution is 6.42. The Kier molecular flexibility index (Phi) is 5.70. The number of fused-ring (bicyclic) bond motifs is 1. The third-order valence-electron chi connectivity index (χ3n) is 5.44. The molecular weight excluding hydrogens is 447 g/mol. The summed E-state index contributed by atoms with van der Waals surface area (Å²) in [6, 6.07) is 14.8. The second kappa shape index (κ2) is 8.78. The van der Waals surface area contributed by atoms with Crippen LogP contribution in [0.3, 0.4) is 0 Å². The molecule has 162 valence electrons. The fourth-order valence-corrected chi connectivity index (χ4v) is 4.11. The maximum absolute atomic E-state index is 13.1. The Morgan fingerprint density at radius 1 is 1.03 bits per heavy atom. The van der Waals surface area contributed by atoms with Crippen molar-refractivity contribution in [1.82, 2.24) is 19.9 Å². The van der Waals surface area contributed by atoms with Crippen LogP contribution in [-0.2, 0) is 0 Å². The minimum Gasteiger partial charge on any atom is -0.367 e. The van der Waals surface area contributed by atoms with E-state index >= 15 is 0 Å². The van der Waals surface area contributed by atoms with Crippen LogP contribution in [0.5, 0.6) is 0 Å². The fraction of sp³-hybridized carbons (Fsp3) is 0.174. The van der Waals surface area contributed by atoms with Crippen molar-refractivity contribution in [3.63, 3.8) is 0 Å². The summed E-state index contributed by atoms with van der Waals surface area (Å²) in [6.07, 6.45) is 3.42. The molecule has 0 atom stereocenters. The van der Waals surface area contributed by atoms with Crippen molar-refractivity contribution in [1.29, 1.82) is 0 Å². The summed E-state index contributed by atoms with van der Waals surface area (Å²) in [5.41, 5.74) is 4.22. The minimum absolute atomic E-state index is 0.281. The lowest BCUT2D eigenvalue weighted by molar-refractivity contribution is 0.102. The number of carbonyl (C=O) groups excluding carboxylic acids is 1. The summed E-state index contributed by atoms with van der Waals surface area (Å²) < 4.78 is 1.63. The van der Waals surface area contributed by atoms with Crippen molar-refractivity contribution >= 4 is 46.1 Å². The van der Waals surface area contributed by atoms with Crippen LogP contribution in [0.15, 0.2) is 60.9 Å². The number of nitrogens with zero attached hydrogens (tertiary/aromatic N) is 4. The van der Waals surface area contributed by atoms with Gasteiger partial charge in [-0.2, -0.15) is 5.10 Å². The third-order valence-corrected chi connectivity index (χ3v) is 6.18. The lowest BCUT2D eigenvalue weighted by Crippen LogP contribution is -2.43. The number of benzene rings is 2. The second-order valence-electron chi connectivity index (χ2n) is 7.48. The van der Waals surface area contributed by atoms with E-state index in [4.69, 9.17) is 23.2 Å². The van der Waals surface area contributed by atoms with E-state index in [1.165, 1.54) is 0 Å². The standard InChI is InChI=1S/C23H20Cl2N6O/c24-17-6-5-15(13-18(17)25)16-14-27-31-10-7-20(28-22(16)31)23(32)29-19-3-1-2-4-21(19)30-11-8-26-9-12-30/h1-7,10,13-14,26H,8-9,11-12H2,(H,29,32). The van der Waals surface area contributed by atoms with E-state index in [1.807, 2.05) is 30.3 Å². The summed E-state index contributed by atoms with van der Waals surface area (Å²) in [4.78, 5) is 19.9. The van der Waals surface area contributed by atoms with Crippen molar-refractivity contribution in [2.75, 3.05) is 36.4 Å². The summed E-state index contributed by atoms with van der Waals surface area (Å²) in [5.74, 6) is -0.281. The third kappa shape index (κ3) is 4.02. The van der Waals surface area contributed by atoms with Crippen LogP contribution in [0.2, 0.25) is 10.0 Å². The van der Waals surface area contributed by atoms with Crippen molar-refractivity contribution < 1.29 is 4.79 Å². The van der Waals surface area contributed by atoms with Gasteiger partial charge < -0.3 is 15.5 Å². The molecule has 0 unspecified atom stereocenters.